The topological polar surface area (TPSA) is 52.3 Å². The van der Waals surface area contributed by atoms with Crippen molar-refractivity contribution in [2.45, 2.75) is 19.4 Å². The molecule has 2 aromatic heterocycles. The van der Waals surface area contributed by atoms with Crippen LogP contribution in [0.15, 0.2) is 40.9 Å². The number of carbonyl (C=O) groups excluding carboxylic acids is 1. The molecule has 0 saturated carbocycles. The van der Waals surface area contributed by atoms with Crippen molar-refractivity contribution in [1.82, 2.24) is 4.98 Å². The lowest BCUT2D eigenvalue weighted by atomic mass is 10.2. The molecule has 2 heterocycles. The van der Waals surface area contributed by atoms with Crippen molar-refractivity contribution in [3.63, 3.8) is 0 Å². The highest BCUT2D eigenvalue weighted by Crippen LogP contribution is 2.21. The summed E-state index contributed by atoms with van der Waals surface area (Å²) >= 11 is 0. The molecule has 0 aromatic carbocycles. The van der Waals surface area contributed by atoms with Crippen molar-refractivity contribution in [3.8, 4) is 12.3 Å². The lowest BCUT2D eigenvalue weighted by molar-refractivity contribution is 0.0261. The van der Waals surface area contributed by atoms with Gasteiger partial charge in [0.2, 0.25) is 5.76 Å². The highest BCUT2D eigenvalue weighted by atomic mass is 16.6. The van der Waals surface area contributed by atoms with Gasteiger partial charge < -0.3 is 9.15 Å². The molecule has 0 saturated heterocycles. The van der Waals surface area contributed by atoms with Crippen LogP contribution in [-0.2, 0) is 4.74 Å². The van der Waals surface area contributed by atoms with Gasteiger partial charge in [-0.15, -0.1) is 12.3 Å². The fraction of sp³-hybridized carbons (Fsp3) is 0.200. The van der Waals surface area contributed by atoms with E-state index in [1.54, 1.807) is 37.4 Å². The number of pyridine rings is 1. The lowest BCUT2D eigenvalue weighted by Crippen LogP contribution is -2.12. The van der Waals surface area contributed by atoms with Gasteiger partial charge in [-0.2, -0.15) is 0 Å². The molecule has 1 atom stereocenters. The van der Waals surface area contributed by atoms with E-state index in [9.17, 15) is 4.79 Å². The second-order valence-electron chi connectivity index (χ2n) is 3.97. The minimum atomic E-state index is -0.566. The number of aryl methyl sites for hydroxylation is 1. The van der Waals surface area contributed by atoms with Crippen LogP contribution in [0.25, 0.3) is 0 Å². The number of nitrogens with zero attached hydrogens (tertiary/aromatic N) is 1. The predicted octanol–water partition coefficient (Wildman–Crippen LogP) is 2.90. The highest BCUT2D eigenvalue weighted by Gasteiger charge is 2.20. The molecule has 0 aliphatic rings. The van der Waals surface area contributed by atoms with Crippen LogP contribution < -0.4 is 0 Å². The van der Waals surface area contributed by atoms with Gasteiger partial charge in [-0.05, 0) is 31.2 Å². The summed E-state index contributed by atoms with van der Waals surface area (Å²) in [4.78, 5) is 16.1. The van der Waals surface area contributed by atoms with E-state index in [0.29, 0.717) is 11.5 Å². The number of esters is 1. The molecular formula is C15H13NO3. The fourth-order valence-electron chi connectivity index (χ4n) is 1.61. The highest BCUT2D eigenvalue weighted by molar-refractivity contribution is 5.86. The molecule has 19 heavy (non-hydrogen) atoms. The zero-order valence-corrected chi connectivity index (χ0v) is 10.5. The van der Waals surface area contributed by atoms with Gasteiger partial charge in [0.1, 0.15) is 5.76 Å². The SMILES string of the molecule is C#CC[C@@H](OC(=O)c1ccc(C)o1)c1ccccn1. The van der Waals surface area contributed by atoms with Crippen LogP contribution >= 0.6 is 0 Å². The molecule has 0 aliphatic carbocycles. The summed E-state index contributed by atoms with van der Waals surface area (Å²) in [6.07, 6.45) is 6.62. The average molecular weight is 255 g/mol. The number of aromatic nitrogens is 1. The molecule has 0 N–H and O–H groups in total. The number of ether oxygens (including phenoxy) is 1. The van der Waals surface area contributed by atoms with E-state index < -0.39 is 12.1 Å². The van der Waals surface area contributed by atoms with Gasteiger partial charge in [-0.3, -0.25) is 4.98 Å². The van der Waals surface area contributed by atoms with Gasteiger partial charge in [0.05, 0.1) is 12.1 Å². The normalized spacial score (nSPS) is 11.6. The Balaban J connectivity index is 2.14. The number of hydrogen-bond donors (Lipinski definition) is 0. The van der Waals surface area contributed by atoms with E-state index in [4.69, 9.17) is 15.6 Å². The maximum absolute atomic E-state index is 11.9. The summed E-state index contributed by atoms with van der Waals surface area (Å²) in [6, 6.07) is 8.64. The maximum atomic E-state index is 11.9. The average Bonchev–Trinajstić information content (AvgIpc) is 2.86. The first-order valence-electron chi connectivity index (χ1n) is 5.82. The molecule has 0 unspecified atom stereocenters. The number of carbonyl (C=O) groups is 1. The van der Waals surface area contributed by atoms with Crippen LogP contribution in [0.4, 0.5) is 0 Å². The zero-order valence-electron chi connectivity index (χ0n) is 10.5. The first-order chi connectivity index (χ1) is 9.20. The predicted molar refractivity (Wildman–Crippen MR) is 69.3 cm³/mol. The summed E-state index contributed by atoms with van der Waals surface area (Å²) in [5.41, 5.74) is 0.622. The van der Waals surface area contributed by atoms with Crippen LogP contribution in [-0.4, -0.2) is 11.0 Å². The van der Waals surface area contributed by atoms with Crippen LogP contribution in [0, 0.1) is 19.3 Å². The molecule has 0 fully saturated rings. The minimum absolute atomic E-state index is 0.162. The molecule has 96 valence electrons. The lowest BCUT2D eigenvalue weighted by Gasteiger charge is -2.14. The first-order valence-corrected chi connectivity index (χ1v) is 5.82. The van der Waals surface area contributed by atoms with Gasteiger partial charge >= 0.3 is 5.97 Å². The van der Waals surface area contributed by atoms with Crippen molar-refractivity contribution in [3.05, 3.63) is 53.7 Å². The molecule has 2 rings (SSSR count). The van der Waals surface area contributed by atoms with Gasteiger partial charge in [0, 0.05) is 6.20 Å². The van der Waals surface area contributed by atoms with Gasteiger partial charge in [0.15, 0.2) is 6.10 Å². The zero-order chi connectivity index (χ0) is 13.7. The van der Waals surface area contributed by atoms with E-state index >= 15 is 0 Å². The molecule has 0 radical (unpaired) electrons. The largest absolute Gasteiger partial charge is 0.454 e. The van der Waals surface area contributed by atoms with Crippen molar-refractivity contribution in [2.75, 3.05) is 0 Å². The molecule has 0 bridgehead atoms. The van der Waals surface area contributed by atoms with Gasteiger partial charge in [-0.25, -0.2) is 4.79 Å². The number of terminal acetylenes is 1. The summed E-state index contributed by atoms with van der Waals surface area (Å²) < 4.78 is 10.6. The Kier molecular flexibility index (Phi) is 3.99. The smallest absolute Gasteiger partial charge is 0.374 e. The third kappa shape index (κ3) is 3.23. The number of hydrogen-bond acceptors (Lipinski definition) is 4. The van der Waals surface area contributed by atoms with Crippen molar-refractivity contribution >= 4 is 5.97 Å². The van der Waals surface area contributed by atoms with Crippen molar-refractivity contribution in [1.29, 1.82) is 0 Å². The Morgan fingerprint density at radius 3 is 2.89 bits per heavy atom. The number of rotatable bonds is 4. The Bertz CT molecular complexity index is 595. The Hall–Kier alpha value is -2.54. The van der Waals surface area contributed by atoms with Crippen LogP contribution in [0.3, 0.4) is 0 Å². The van der Waals surface area contributed by atoms with E-state index in [1.165, 1.54) is 0 Å². The standard InChI is InChI=1S/C15H13NO3/c1-3-6-13(12-7-4-5-10-16-12)19-15(17)14-9-8-11(2)18-14/h1,4-5,7-10,13H,6H2,2H3/t13-/m1/s1. The maximum Gasteiger partial charge on any atom is 0.374 e. The van der Waals surface area contributed by atoms with Crippen LogP contribution in [0.5, 0.6) is 0 Å². The van der Waals surface area contributed by atoms with E-state index in [0.717, 1.165) is 0 Å². The van der Waals surface area contributed by atoms with E-state index in [1.807, 2.05) is 6.07 Å². The van der Waals surface area contributed by atoms with E-state index in [-0.39, 0.29) is 12.2 Å². The third-order valence-electron chi connectivity index (χ3n) is 2.51. The Labute approximate surface area is 111 Å². The molecule has 4 heteroatoms. The summed E-state index contributed by atoms with van der Waals surface area (Å²) in [6.45, 7) is 1.76. The van der Waals surface area contributed by atoms with Crippen LogP contribution in [0.2, 0.25) is 0 Å². The fourth-order valence-corrected chi connectivity index (χ4v) is 1.61. The quantitative estimate of drug-likeness (QED) is 0.622. The van der Waals surface area contributed by atoms with Crippen molar-refractivity contribution < 1.29 is 13.9 Å². The number of furan rings is 1. The second kappa shape index (κ2) is 5.87. The minimum Gasteiger partial charge on any atom is -0.454 e. The summed E-state index contributed by atoms with van der Waals surface area (Å²) in [5.74, 6) is 2.75. The van der Waals surface area contributed by atoms with Gasteiger partial charge in [-0.1, -0.05) is 6.07 Å². The summed E-state index contributed by atoms with van der Waals surface area (Å²) in [7, 11) is 0. The monoisotopic (exact) mass is 255 g/mol. The van der Waals surface area contributed by atoms with Gasteiger partial charge in [0.25, 0.3) is 0 Å². The third-order valence-corrected chi connectivity index (χ3v) is 2.51. The molecule has 2 aromatic rings. The van der Waals surface area contributed by atoms with Crippen LogP contribution in [0.1, 0.15) is 34.5 Å². The Morgan fingerprint density at radius 2 is 2.32 bits per heavy atom. The first kappa shape index (κ1) is 12.9. The molecule has 4 nitrogen and oxygen atoms in total. The summed E-state index contributed by atoms with van der Waals surface area (Å²) in [5, 5.41) is 0. The Morgan fingerprint density at radius 1 is 1.47 bits per heavy atom. The molecule has 0 amide bonds. The van der Waals surface area contributed by atoms with E-state index in [2.05, 4.69) is 10.9 Å². The molecular weight excluding hydrogens is 242 g/mol. The molecule has 0 aliphatic heterocycles. The second-order valence-corrected chi connectivity index (χ2v) is 3.97. The van der Waals surface area contributed by atoms with Crippen molar-refractivity contribution in [2.24, 2.45) is 0 Å². The molecule has 0 spiro atoms.